The van der Waals surface area contributed by atoms with Crippen molar-refractivity contribution in [2.45, 2.75) is 70.9 Å². The van der Waals surface area contributed by atoms with Crippen LogP contribution in [0.2, 0.25) is 0 Å². The van der Waals surface area contributed by atoms with E-state index in [1.54, 1.807) is 24.3 Å². The van der Waals surface area contributed by atoms with Crippen LogP contribution in [0, 0.1) is 0 Å². The number of nitrogens with zero attached hydrogens (tertiary/aromatic N) is 3. The van der Waals surface area contributed by atoms with Crippen molar-refractivity contribution in [1.29, 1.82) is 0 Å². The van der Waals surface area contributed by atoms with Crippen LogP contribution in [0.4, 0.5) is 5.69 Å². The van der Waals surface area contributed by atoms with Gasteiger partial charge in [0.15, 0.2) is 5.78 Å². The smallest absolute Gasteiger partial charge is 0.279 e. The lowest BCUT2D eigenvalue weighted by molar-refractivity contribution is -0.123. The fraction of sp³-hybridized carbons (Fsp3) is 0.367. The van der Waals surface area contributed by atoms with Gasteiger partial charge in [0, 0.05) is 29.7 Å². The summed E-state index contributed by atoms with van der Waals surface area (Å²) in [6, 6.07) is 13.7. The van der Waals surface area contributed by atoms with Gasteiger partial charge in [-0.15, -0.1) is 0 Å². The Balaban J connectivity index is 1.81. The zero-order valence-electron chi connectivity index (χ0n) is 21.7. The van der Waals surface area contributed by atoms with Crippen molar-refractivity contribution < 1.29 is 14.4 Å². The number of nitrogens with one attached hydrogen (secondary N) is 1. The number of aromatic nitrogens is 2. The molecular formula is C30H34N4O3. The first-order chi connectivity index (χ1) is 17.8. The minimum atomic E-state index is -0.930. The molecule has 1 unspecified atom stereocenters. The second-order valence-electron chi connectivity index (χ2n) is 9.94. The number of rotatable bonds is 8. The highest BCUT2D eigenvalue weighted by molar-refractivity contribution is 6.09. The van der Waals surface area contributed by atoms with Gasteiger partial charge in [-0.1, -0.05) is 57.4 Å². The first-order valence-electron chi connectivity index (χ1n) is 13.0. The summed E-state index contributed by atoms with van der Waals surface area (Å²) in [5.74, 6) is -0.424. The number of amides is 2. The molecule has 1 aromatic heterocycles. The molecule has 1 N–H and O–H groups in total. The van der Waals surface area contributed by atoms with Crippen molar-refractivity contribution in [3.63, 3.8) is 0 Å². The van der Waals surface area contributed by atoms with E-state index in [9.17, 15) is 14.4 Å². The minimum absolute atomic E-state index is 0.0748. The lowest BCUT2D eigenvalue weighted by Gasteiger charge is -2.33. The molecule has 1 atom stereocenters. The lowest BCUT2D eigenvalue weighted by Crippen LogP contribution is -2.47. The second-order valence-corrected chi connectivity index (χ2v) is 9.94. The number of ketones is 1. The molecule has 3 aromatic rings. The van der Waals surface area contributed by atoms with E-state index in [1.807, 2.05) is 24.3 Å². The quantitative estimate of drug-likeness (QED) is 0.406. The number of Topliss-reactive ketones (excluding diaryl/α,β-unsaturated/α-hetero) is 1. The van der Waals surface area contributed by atoms with Gasteiger partial charge in [0.05, 0.1) is 6.20 Å². The highest BCUT2D eigenvalue weighted by atomic mass is 16.2. The summed E-state index contributed by atoms with van der Waals surface area (Å²) in [6.45, 7) is 5.72. The van der Waals surface area contributed by atoms with Crippen LogP contribution in [0.15, 0.2) is 67.1 Å². The van der Waals surface area contributed by atoms with E-state index in [4.69, 9.17) is 0 Å². The summed E-state index contributed by atoms with van der Waals surface area (Å²) in [5.41, 5.74) is 3.00. The molecule has 1 aliphatic rings. The Morgan fingerprint density at radius 3 is 2.11 bits per heavy atom. The van der Waals surface area contributed by atoms with E-state index in [1.165, 1.54) is 36.8 Å². The standard InChI is InChI=1S/C30H34N4O3/c1-20(2)22-9-11-24(12-10-22)28(29(36)33-25-7-5-4-6-8-25)34(30(37)27-19-31-17-18-32-27)26-15-13-23(14-16-26)21(3)35/h9-20,25,28H,4-8H2,1-3H3,(H,33,36). The van der Waals surface area contributed by atoms with Gasteiger partial charge < -0.3 is 5.32 Å². The second kappa shape index (κ2) is 11.9. The number of carbonyl (C=O) groups is 3. The summed E-state index contributed by atoms with van der Waals surface area (Å²) in [7, 11) is 0. The van der Waals surface area contributed by atoms with Crippen LogP contribution in [-0.4, -0.2) is 33.6 Å². The Hall–Kier alpha value is -3.87. The molecule has 0 saturated heterocycles. The summed E-state index contributed by atoms with van der Waals surface area (Å²) in [6.07, 6.45) is 9.54. The number of hydrogen-bond donors (Lipinski definition) is 1. The summed E-state index contributed by atoms with van der Waals surface area (Å²) < 4.78 is 0. The van der Waals surface area contributed by atoms with Gasteiger partial charge in [0.1, 0.15) is 11.7 Å². The van der Waals surface area contributed by atoms with Crippen LogP contribution in [0.1, 0.15) is 96.8 Å². The number of anilines is 1. The van der Waals surface area contributed by atoms with Gasteiger partial charge in [-0.25, -0.2) is 4.98 Å². The van der Waals surface area contributed by atoms with Crippen molar-refractivity contribution in [2.24, 2.45) is 0 Å². The Morgan fingerprint density at radius 2 is 1.54 bits per heavy atom. The monoisotopic (exact) mass is 498 g/mol. The number of hydrogen-bond acceptors (Lipinski definition) is 5. The van der Waals surface area contributed by atoms with E-state index in [-0.39, 0.29) is 23.4 Å². The molecule has 0 bridgehead atoms. The fourth-order valence-corrected chi connectivity index (χ4v) is 4.78. The van der Waals surface area contributed by atoms with E-state index in [2.05, 4.69) is 29.1 Å². The average molecular weight is 499 g/mol. The van der Waals surface area contributed by atoms with Crippen LogP contribution in [-0.2, 0) is 4.79 Å². The van der Waals surface area contributed by atoms with Crippen LogP contribution in [0.3, 0.4) is 0 Å². The van der Waals surface area contributed by atoms with Crippen molar-refractivity contribution in [1.82, 2.24) is 15.3 Å². The Bertz CT molecular complexity index is 1220. The topological polar surface area (TPSA) is 92.3 Å². The number of benzene rings is 2. The molecule has 0 spiro atoms. The van der Waals surface area contributed by atoms with Crippen LogP contribution < -0.4 is 10.2 Å². The molecule has 1 fully saturated rings. The maximum absolute atomic E-state index is 14.0. The third kappa shape index (κ3) is 6.28. The Kier molecular flexibility index (Phi) is 8.43. The minimum Gasteiger partial charge on any atom is -0.351 e. The third-order valence-corrected chi connectivity index (χ3v) is 6.93. The molecule has 37 heavy (non-hydrogen) atoms. The molecule has 2 aromatic carbocycles. The molecule has 192 valence electrons. The van der Waals surface area contributed by atoms with E-state index in [0.29, 0.717) is 22.7 Å². The van der Waals surface area contributed by atoms with Crippen LogP contribution in [0.25, 0.3) is 0 Å². The van der Waals surface area contributed by atoms with Crippen LogP contribution in [0.5, 0.6) is 0 Å². The zero-order valence-corrected chi connectivity index (χ0v) is 21.7. The highest BCUT2D eigenvalue weighted by Crippen LogP contribution is 2.31. The predicted molar refractivity (Wildman–Crippen MR) is 144 cm³/mol. The van der Waals surface area contributed by atoms with Crippen LogP contribution >= 0.6 is 0 Å². The molecule has 7 heteroatoms. The molecule has 4 rings (SSSR count). The molecular weight excluding hydrogens is 464 g/mol. The van der Waals surface area contributed by atoms with Crippen molar-refractivity contribution in [2.75, 3.05) is 4.90 Å². The van der Waals surface area contributed by atoms with Gasteiger partial charge in [0.25, 0.3) is 5.91 Å². The predicted octanol–water partition coefficient (Wildman–Crippen LogP) is 5.64. The molecule has 1 heterocycles. The summed E-state index contributed by atoms with van der Waals surface area (Å²) in [4.78, 5) is 49.5. The Labute approximate surface area is 218 Å². The van der Waals surface area contributed by atoms with E-state index >= 15 is 0 Å². The van der Waals surface area contributed by atoms with E-state index < -0.39 is 11.9 Å². The fourth-order valence-electron chi connectivity index (χ4n) is 4.78. The summed E-state index contributed by atoms with van der Waals surface area (Å²) >= 11 is 0. The first-order valence-corrected chi connectivity index (χ1v) is 13.0. The van der Waals surface area contributed by atoms with Gasteiger partial charge in [-0.05, 0) is 61.1 Å². The van der Waals surface area contributed by atoms with Gasteiger partial charge >= 0.3 is 0 Å². The molecule has 1 saturated carbocycles. The van der Waals surface area contributed by atoms with Crippen molar-refractivity contribution >= 4 is 23.3 Å². The maximum Gasteiger partial charge on any atom is 0.279 e. The normalized spacial score (nSPS) is 14.7. The molecule has 2 amide bonds. The third-order valence-electron chi connectivity index (χ3n) is 6.93. The number of carbonyl (C=O) groups excluding carboxylic acids is 3. The molecule has 0 radical (unpaired) electrons. The Morgan fingerprint density at radius 1 is 0.892 bits per heavy atom. The SMILES string of the molecule is CC(=O)c1ccc(N(C(=O)c2cnccn2)C(C(=O)NC2CCCCC2)c2ccc(C(C)C)cc2)cc1. The zero-order chi connectivity index (χ0) is 26.4. The molecule has 0 aliphatic heterocycles. The average Bonchev–Trinajstić information content (AvgIpc) is 2.92. The largest absolute Gasteiger partial charge is 0.351 e. The molecule has 7 nitrogen and oxygen atoms in total. The van der Waals surface area contributed by atoms with Gasteiger partial charge in [-0.2, -0.15) is 0 Å². The van der Waals surface area contributed by atoms with Gasteiger partial charge in [0.2, 0.25) is 5.91 Å². The highest BCUT2D eigenvalue weighted by Gasteiger charge is 2.35. The van der Waals surface area contributed by atoms with Gasteiger partial charge in [-0.3, -0.25) is 24.3 Å². The lowest BCUT2D eigenvalue weighted by atomic mass is 9.94. The van der Waals surface area contributed by atoms with E-state index in [0.717, 1.165) is 31.2 Å². The maximum atomic E-state index is 14.0. The van der Waals surface area contributed by atoms with Crippen molar-refractivity contribution in [3.8, 4) is 0 Å². The van der Waals surface area contributed by atoms with Crippen molar-refractivity contribution in [3.05, 3.63) is 89.5 Å². The first kappa shape index (κ1) is 26.2. The summed E-state index contributed by atoms with van der Waals surface area (Å²) in [5, 5.41) is 3.22. The molecule has 1 aliphatic carbocycles.